The van der Waals surface area contributed by atoms with Crippen LogP contribution < -0.4 is 11.1 Å². The smallest absolute Gasteiger partial charge is 0.414 e. The Morgan fingerprint density at radius 1 is 1.50 bits per heavy atom. The summed E-state index contributed by atoms with van der Waals surface area (Å²) < 4.78 is 18.4. The van der Waals surface area contributed by atoms with E-state index in [2.05, 4.69) is 10.3 Å². The number of nitrogens with two attached hydrogens (primary N) is 1. The van der Waals surface area contributed by atoms with Gasteiger partial charge in [-0.05, 0) is 32.9 Å². The molecular formula is C15H19FN4O2. The molecule has 118 valence electrons. The van der Waals surface area contributed by atoms with Crippen molar-refractivity contribution in [3.63, 3.8) is 0 Å². The molecule has 0 saturated carbocycles. The van der Waals surface area contributed by atoms with E-state index in [-0.39, 0.29) is 5.82 Å². The van der Waals surface area contributed by atoms with Crippen molar-refractivity contribution < 1.29 is 13.9 Å². The standard InChI is InChI=1S/C15H19FN4O2/c1-15(2,3)22-14(21)20-6-4-11(5-7-20)19-12-8-10(16)9-18-13(12)17/h4-6,8-9,19H,7H2,1-3H3,(H2,17,18). The highest BCUT2D eigenvalue weighted by molar-refractivity contribution is 5.71. The highest BCUT2D eigenvalue weighted by Gasteiger charge is 2.21. The number of hydrogen-bond donors (Lipinski definition) is 2. The highest BCUT2D eigenvalue weighted by Crippen LogP contribution is 2.20. The van der Waals surface area contributed by atoms with Crippen molar-refractivity contribution in [2.45, 2.75) is 26.4 Å². The summed E-state index contributed by atoms with van der Waals surface area (Å²) in [6.45, 7) is 5.76. The summed E-state index contributed by atoms with van der Waals surface area (Å²) >= 11 is 0. The Labute approximate surface area is 128 Å². The molecule has 2 rings (SSSR count). The van der Waals surface area contributed by atoms with Crippen molar-refractivity contribution in [2.75, 3.05) is 17.6 Å². The number of rotatable bonds is 2. The lowest BCUT2D eigenvalue weighted by Gasteiger charge is -2.26. The van der Waals surface area contributed by atoms with Gasteiger partial charge in [0.15, 0.2) is 0 Å². The van der Waals surface area contributed by atoms with Crippen molar-refractivity contribution in [3.8, 4) is 0 Å². The number of anilines is 2. The van der Waals surface area contributed by atoms with Crippen LogP contribution in [-0.4, -0.2) is 28.1 Å². The van der Waals surface area contributed by atoms with Crippen molar-refractivity contribution in [3.05, 3.63) is 42.1 Å². The molecule has 0 saturated heterocycles. The minimum Gasteiger partial charge on any atom is -0.443 e. The Morgan fingerprint density at radius 2 is 2.23 bits per heavy atom. The fourth-order valence-corrected chi connectivity index (χ4v) is 1.75. The van der Waals surface area contributed by atoms with Gasteiger partial charge < -0.3 is 15.8 Å². The van der Waals surface area contributed by atoms with Crippen molar-refractivity contribution in [1.29, 1.82) is 0 Å². The zero-order valence-corrected chi connectivity index (χ0v) is 12.8. The molecule has 6 nitrogen and oxygen atoms in total. The second kappa shape index (κ2) is 6.05. The normalized spacial score (nSPS) is 14.5. The third-order valence-corrected chi connectivity index (χ3v) is 2.73. The maximum absolute atomic E-state index is 13.2. The number of carbonyl (C=O) groups is 1. The summed E-state index contributed by atoms with van der Waals surface area (Å²) in [6.07, 6.45) is 5.67. The van der Waals surface area contributed by atoms with Crippen LogP contribution >= 0.6 is 0 Å². The zero-order chi connectivity index (χ0) is 16.3. The number of nitrogens with one attached hydrogen (secondary N) is 1. The minimum absolute atomic E-state index is 0.199. The lowest BCUT2D eigenvalue weighted by Crippen LogP contribution is -2.34. The average molecular weight is 306 g/mol. The molecule has 22 heavy (non-hydrogen) atoms. The van der Waals surface area contributed by atoms with E-state index in [1.807, 2.05) is 0 Å². The summed E-state index contributed by atoms with van der Waals surface area (Å²) in [6, 6.07) is 1.26. The molecule has 7 heteroatoms. The third kappa shape index (κ3) is 4.21. The topological polar surface area (TPSA) is 80.5 Å². The number of carbonyl (C=O) groups excluding carboxylic acids is 1. The van der Waals surface area contributed by atoms with Crippen LogP contribution in [0.3, 0.4) is 0 Å². The molecule has 3 N–H and O–H groups in total. The van der Waals surface area contributed by atoms with E-state index in [1.54, 1.807) is 39.1 Å². The molecule has 0 radical (unpaired) electrons. The second-order valence-electron chi connectivity index (χ2n) is 5.82. The van der Waals surface area contributed by atoms with Crippen LogP contribution in [0.25, 0.3) is 0 Å². The van der Waals surface area contributed by atoms with Gasteiger partial charge in [-0.2, -0.15) is 0 Å². The molecule has 1 aliphatic heterocycles. The van der Waals surface area contributed by atoms with Crippen LogP contribution in [0.5, 0.6) is 0 Å². The van der Waals surface area contributed by atoms with Crippen LogP contribution in [0.15, 0.2) is 36.3 Å². The summed E-state index contributed by atoms with van der Waals surface area (Å²) in [7, 11) is 0. The van der Waals surface area contributed by atoms with Gasteiger partial charge in [0.25, 0.3) is 0 Å². The van der Waals surface area contributed by atoms with Gasteiger partial charge in [-0.15, -0.1) is 0 Å². The zero-order valence-electron chi connectivity index (χ0n) is 12.8. The molecular weight excluding hydrogens is 287 g/mol. The van der Waals surface area contributed by atoms with E-state index >= 15 is 0 Å². The SMILES string of the molecule is CC(C)(C)OC(=O)N1C=CC(Nc2cc(F)cnc2N)=CC1. The fourth-order valence-electron chi connectivity index (χ4n) is 1.75. The Hall–Kier alpha value is -2.57. The van der Waals surface area contributed by atoms with Gasteiger partial charge in [0.2, 0.25) is 0 Å². The first-order valence-corrected chi connectivity index (χ1v) is 6.80. The second-order valence-corrected chi connectivity index (χ2v) is 5.82. The first-order chi connectivity index (χ1) is 10.2. The first-order valence-electron chi connectivity index (χ1n) is 6.80. The Balaban J connectivity index is 1.99. The number of allylic oxidation sites excluding steroid dienone is 1. The lowest BCUT2D eigenvalue weighted by molar-refractivity contribution is 0.0350. The number of ether oxygens (including phenoxy) is 1. The van der Waals surface area contributed by atoms with Crippen molar-refractivity contribution >= 4 is 17.6 Å². The fraction of sp³-hybridized carbons (Fsp3) is 0.333. The molecule has 0 spiro atoms. The van der Waals surface area contributed by atoms with Gasteiger partial charge in [-0.25, -0.2) is 14.2 Å². The number of aromatic nitrogens is 1. The molecule has 1 amide bonds. The molecule has 1 aromatic heterocycles. The number of amides is 1. The van der Waals surface area contributed by atoms with Gasteiger partial charge in [-0.3, -0.25) is 4.90 Å². The molecule has 0 fully saturated rings. The monoisotopic (exact) mass is 306 g/mol. The van der Waals surface area contributed by atoms with Gasteiger partial charge in [0.05, 0.1) is 11.9 Å². The molecule has 1 aliphatic rings. The molecule has 1 aromatic rings. The first kappa shape index (κ1) is 15.8. The lowest BCUT2D eigenvalue weighted by atomic mass is 10.2. The molecule has 0 aliphatic carbocycles. The Bertz CT molecular complexity index is 635. The van der Waals surface area contributed by atoms with Gasteiger partial charge in [0, 0.05) is 24.5 Å². The average Bonchev–Trinajstić information content (AvgIpc) is 2.42. The number of pyridine rings is 1. The van der Waals surface area contributed by atoms with Gasteiger partial charge >= 0.3 is 6.09 Å². The summed E-state index contributed by atoms with van der Waals surface area (Å²) in [5.74, 6) is -0.280. The number of halogens is 1. The Morgan fingerprint density at radius 3 is 2.82 bits per heavy atom. The van der Waals surface area contributed by atoms with Crippen LogP contribution in [0.2, 0.25) is 0 Å². The number of hydrogen-bond acceptors (Lipinski definition) is 5. The maximum atomic E-state index is 13.2. The molecule has 2 heterocycles. The van der Waals surface area contributed by atoms with Crippen LogP contribution in [0.1, 0.15) is 20.8 Å². The number of nitrogen functional groups attached to an aromatic ring is 1. The predicted octanol–water partition coefficient (Wildman–Crippen LogP) is 2.86. The Kier molecular flexibility index (Phi) is 4.35. The van der Waals surface area contributed by atoms with Crippen molar-refractivity contribution in [2.24, 2.45) is 0 Å². The van der Waals surface area contributed by atoms with E-state index in [9.17, 15) is 9.18 Å². The molecule has 0 bridgehead atoms. The maximum Gasteiger partial charge on any atom is 0.414 e. The van der Waals surface area contributed by atoms with Gasteiger partial charge in [0.1, 0.15) is 17.2 Å². The van der Waals surface area contributed by atoms with Crippen molar-refractivity contribution in [1.82, 2.24) is 9.88 Å². The van der Waals surface area contributed by atoms with Crippen LogP contribution in [0.4, 0.5) is 20.7 Å². The van der Waals surface area contributed by atoms with E-state index in [4.69, 9.17) is 10.5 Å². The molecule has 0 atom stereocenters. The van der Waals surface area contributed by atoms with Gasteiger partial charge in [-0.1, -0.05) is 0 Å². The van der Waals surface area contributed by atoms with E-state index in [1.165, 1.54) is 11.0 Å². The van der Waals surface area contributed by atoms with Crippen LogP contribution in [0, 0.1) is 5.82 Å². The predicted molar refractivity (Wildman–Crippen MR) is 82.4 cm³/mol. The van der Waals surface area contributed by atoms with Crippen LogP contribution in [-0.2, 0) is 4.74 Å². The minimum atomic E-state index is -0.547. The number of nitrogens with zero attached hydrogens (tertiary/aromatic N) is 2. The quantitative estimate of drug-likeness (QED) is 0.878. The third-order valence-electron chi connectivity index (χ3n) is 2.73. The van der Waals surface area contributed by atoms with E-state index in [0.29, 0.717) is 17.9 Å². The van der Waals surface area contributed by atoms with E-state index < -0.39 is 17.5 Å². The molecule has 0 aromatic carbocycles. The molecule has 0 unspecified atom stereocenters. The summed E-state index contributed by atoms with van der Waals surface area (Å²) in [5, 5.41) is 2.97. The summed E-state index contributed by atoms with van der Waals surface area (Å²) in [4.78, 5) is 17.1. The van der Waals surface area contributed by atoms with E-state index in [0.717, 1.165) is 6.20 Å². The summed E-state index contributed by atoms with van der Waals surface area (Å²) in [5.41, 5.74) is 6.20. The highest BCUT2D eigenvalue weighted by atomic mass is 19.1. The largest absolute Gasteiger partial charge is 0.443 e.